The van der Waals surface area contributed by atoms with Crippen molar-refractivity contribution >= 4 is 11.6 Å². The molecule has 9 heteroatoms. The zero-order valence-electron chi connectivity index (χ0n) is 13.5. The number of nitrogen functional groups attached to an aromatic ring is 1. The van der Waals surface area contributed by atoms with E-state index in [4.69, 9.17) is 15.6 Å². The summed E-state index contributed by atoms with van der Waals surface area (Å²) in [5.74, 6) is -0.131. The van der Waals surface area contributed by atoms with Crippen molar-refractivity contribution in [1.29, 1.82) is 0 Å². The van der Waals surface area contributed by atoms with E-state index in [0.717, 1.165) is 4.90 Å². The van der Waals surface area contributed by atoms with E-state index in [2.05, 4.69) is 0 Å². The van der Waals surface area contributed by atoms with Gasteiger partial charge in [0.05, 0.1) is 19.4 Å². The molecule has 0 aliphatic rings. The zero-order chi connectivity index (χ0) is 18.4. The molecule has 0 saturated heterocycles. The smallest absolute Gasteiger partial charge is 0.253 e. The molecule has 0 radical (unpaired) electrons. The Hall–Kier alpha value is -1.91. The van der Waals surface area contributed by atoms with Crippen molar-refractivity contribution < 1.29 is 35.1 Å². The number of anilines is 1. The number of carbonyl (C=O) groups excluding carboxylic acids is 1. The van der Waals surface area contributed by atoms with Crippen LogP contribution in [-0.4, -0.2) is 88.1 Å². The summed E-state index contributed by atoms with van der Waals surface area (Å²) in [5.41, 5.74) is 6.31. The molecule has 4 atom stereocenters. The molecular formula is C15H24N2O7. The van der Waals surface area contributed by atoms with Crippen LogP contribution in [0.15, 0.2) is 18.2 Å². The number of aliphatic hydroxyl groups excluding tert-OH is 5. The Morgan fingerprint density at radius 1 is 1.21 bits per heavy atom. The van der Waals surface area contributed by atoms with Crippen molar-refractivity contribution in [3.8, 4) is 5.75 Å². The van der Waals surface area contributed by atoms with Gasteiger partial charge in [0.1, 0.15) is 30.2 Å². The summed E-state index contributed by atoms with van der Waals surface area (Å²) in [6.07, 6.45) is -6.60. The topological polar surface area (TPSA) is 157 Å². The average molecular weight is 344 g/mol. The largest absolute Gasteiger partial charge is 0.495 e. The Morgan fingerprint density at radius 2 is 1.79 bits per heavy atom. The first-order chi connectivity index (χ1) is 11.2. The molecule has 0 spiro atoms. The summed E-state index contributed by atoms with van der Waals surface area (Å²) in [6.45, 7) is -1.08. The summed E-state index contributed by atoms with van der Waals surface area (Å²) < 4.78 is 5.04. The quantitative estimate of drug-likeness (QED) is 0.290. The molecule has 0 heterocycles. The van der Waals surface area contributed by atoms with Gasteiger partial charge in [-0.05, 0) is 18.2 Å². The van der Waals surface area contributed by atoms with Crippen molar-refractivity contribution in [2.24, 2.45) is 0 Å². The van der Waals surface area contributed by atoms with E-state index in [9.17, 15) is 25.2 Å². The number of nitrogens with two attached hydrogens (primary N) is 1. The van der Waals surface area contributed by atoms with Crippen molar-refractivity contribution in [3.63, 3.8) is 0 Å². The van der Waals surface area contributed by atoms with E-state index in [1.807, 2.05) is 0 Å². The lowest BCUT2D eigenvalue weighted by Crippen LogP contribution is -2.49. The van der Waals surface area contributed by atoms with Gasteiger partial charge in [-0.3, -0.25) is 4.79 Å². The number of carbonyl (C=O) groups is 1. The van der Waals surface area contributed by atoms with Crippen LogP contribution in [-0.2, 0) is 0 Å². The zero-order valence-corrected chi connectivity index (χ0v) is 13.5. The number of rotatable bonds is 8. The predicted octanol–water partition coefficient (Wildman–Crippen LogP) is -2.21. The molecule has 1 aromatic carbocycles. The molecule has 9 nitrogen and oxygen atoms in total. The normalized spacial score (nSPS) is 16.1. The molecular weight excluding hydrogens is 320 g/mol. The molecule has 0 fully saturated rings. The molecule has 1 aromatic rings. The SMILES string of the molecule is COc1cc(C(=O)N(C)C[C@H](O)[C@@H](O)[C@H](O)C(O)CO)ccc1N. The van der Waals surface area contributed by atoms with Gasteiger partial charge < -0.3 is 40.9 Å². The lowest BCUT2D eigenvalue weighted by Gasteiger charge is -2.28. The maximum atomic E-state index is 12.3. The maximum absolute atomic E-state index is 12.3. The van der Waals surface area contributed by atoms with Gasteiger partial charge in [-0.25, -0.2) is 0 Å². The van der Waals surface area contributed by atoms with Crippen LogP contribution < -0.4 is 10.5 Å². The molecule has 1 rings (SSSR count). The third kappa shape index (κ3) is 4.79. The minimum Gasteiger partial charge on any atom is -0.495 e. The van der Waals surface area contributed by atoms with Crippen LogP contribution in [0.1, 0.15) is 10.4 Å². The molecule has 0 aliphatic carbocycles. The summed E-state index contributed by atoms with van der Waals surface area (Å²) in [4.78, 5) is 13.5. The Bertz CT molecular complexity index is 555. The second kappa shape index (κ2) is 8.81. The van der Waals surface area contributed by atoms with Crippen molar-refractivity contribution in [2.45, 2.75) is 24.4 Å². The van der Waals surface area contributed by atoms with Crippen LogP contribution in [0.25, 0.3) is 0 Å². The molecule has 24 heavy (non-hydrogen) atoms. The molecule has 1 unspecified atom stereocenters. The number of nitrogens with zero attached hydrogens (tertiary/aromatic N) is 1. The van der Waals surface area contributed by atoms with Gasteiger partial charge in [0.15, 0.2) is 0 Å². The number of amides is 1. The lowest BCUT2D eigenvalue weighted by atomic mass is 10.0. The van der Waals surface area contributed by atoms with Gasteiger partial charge in [-0.1, -0.05) is 0 Å². The monoisotopic (exact) mass is 344 g/mol. The minimum absolute atomic E-state index is 0.265. The first-order valence-corrected chi connectivity index (χ1v) is 7.25. The van der Waals surface area contributed by atoms with E-state index in [-0.39, 0.29) is 12.1 Å². The van der Waals surface area contributed by atoms with Gasteiger partial charge in [-0.2, -0.15) is 0 Å². The van der Waals surface area contributed by atoms with Crippen LogP contribution in [0.3, 0.4) is 0 Å². The van der Waals surface area contributed by atoms with Crippen molar-refractivity contribution in [2.75, 3.05) is 33.0 Å². The summed E-state index contributed by atoms with van der Waals surface area (Å²) in [7, 11) is 2.81. The van der Waals surface area contributed by atoms with Crippen LogP contribution in [0.5, 0.6) is 5.75 Å². The van der Waals surface area contributed by atoms with Crippen molar-refractivity contribution in [3.05, 3.63) is 23.8 Å². The molecule has 0 aliphatic heterocycles. The highest BCUT2D eigenvalue weighted by atomic mass is 16.5. The number of ether oxygens (including phenoxy) is 1. The molecule has 0 saturated carbocycles. The minimum atomic E-state index is -1.75. The number of aliphatic hydroxyl groups is 5. The van der Waals surface area contributed by atoms with E-state index in [1.54, 1.807) is 0 Å². The lowest BCUT2D eigenvalue weighted by molar-refractivity contribution is -0.117. The van der Waals surface area contributed by atoms with E-state index in [0.29, 0.717) is 11.4 Å². The fourth-order valence-corrected chi connectivity index (χ4v) is 2.10. The summed E-state index contributed by atoms with van der Waals surface area (Å²) >= 11 is 0. The summed E-state index contributed by atoms with van der Waals surface area (Å²) in [6, 6.07) is 4.44. The third-order valence-corrected chi connectivity index (χ3v) is 3.61. The Balaban J connectivity index is 2.76. The van der Waals surface area contributed by atoms with Crippen LogP contribution >= 0.6 is 0 Å². The predicted molar refractivity (Wildman–Crippen MR) is 85.5 cm³/mol. The molecule has 0 bridgehead atoms. The highest BCUT2D eigenvalue weighted by Crippen LogP contribution is 2.23. The Labute approximate surface area is 139 Å². The average Bonchev–Trinajstić information content (AvgIpc) is 2.59. The van der Waals surface area contributed by atoms with Gasteiger partial charge >= 0.3 is 0 Å². The second-order valence-corrected chi connectivity index (χ2v) is 5.44. The third-order valence-electron chi connectivity index (χ3n) is 3.61. The Morgan fingerprint density at radius 3 is 2.33 bits per heavy atom. The molecule has 1 amide bonds. The standard InChI is InChI=1S/C15H24N2O7/c1-17(6-10(19)13(21)14(22)11(20)7-18)15(23)8-3-4-9(16)12(5-8)24-2/h3-5,10-11,13-14,18-22H,6-7,16H2,1-2H3/t10-,11?,13+,14+/m0/s1. The maximum Gasteiger partial charge on any atom is 0.253 e. The van der Waals surface area contributed by atoms with E-state index >= 15 is 0 Å². The number of methoxy groups -OCH3 is 1. The van der Waals surface area contributed by atoms with Crippen molar-refractivity contribution in [1.82, 2.24) is 4.90 Å². The first kappa shape index (κ1) is 20.1. The van der Waals surface area contributed by atoms with Gasteiger partial charge in [-0.15, -0.1) is 0 Å². The van der Waals surface area contributed by atoms with Crippen LogP contribution in [0.4, 0.5) is 5.69 Å². The van der Waals surface area contributed by atoms with Gasteiger partial charge in [0.2, 0.25) is 0 Å². The van der Waals surface area contributed by atoms with Crippen LogP contribution in [0, 0.1) is 0 Å². The highest BCUT2D eigenvalue weighted by molar-refractivity contribution is 5.95. The van der Waals surface area contributed by atoms with Crippen LogP contribution in [0.2, 0.25) is 0 Å². The number of hydrogen-bond donors (Lipinski definition) is 6. The number of benzene rings is 1. The number of likely N-dealkylation sites (N-methyl/N-ethyl adjacent to an activating group) is 1. The molecule has 0 aromatic heterocycles. The van der Waals surface area contributed by atoms with E-state index < -0.39 is 36.9 Å². The summed E-state index contributed by atoms with van der Waals surface area (Å²) in [5, 5.41) is 47.2. The Kier molecular flexibility index (Phi) is 7.39. The van der Waals surface area contributed by atoms with Gasteiger partial charge in [0.25, 0.3) is 5.91 Å². The first-order valence-electron chi connectivity index (χ1n) is 7.25. The van der Waals surface area contributed by atoms with Gasteiger partial charge in [0, 0.05) is 19.2 Å². The number of hydrogen-bond acceptors (Lipinski definition) is 8. The van der Waals surface area contributed by atoms with E-state index in [1.165, 1.54) is 32.4 Å². The highest BCUT2D eigenvalue weighted by Gasteiger charge is 2.31. The molecule has 7 N–H and O–H groups in total. The molecule has 136 valence electrons. The fraction of sp³-hybridized carbons (Fsp3) is 0.533. The second-order valence-electron chi connectivity index (χ2n) is 5.44. The fourth-order valence-electron chi connectivity index (χ4n) is 2.10.